The van der Waals surface area contributed by atoms with Gasteiger partial charge in [-0.1, -0.05) is 48.7 Å². The van der Waals surface area contributed by atoms with Crippen LogP contribution >= 0.6 is 23.2 Å². The third-order valence-corrected chi connectivity index (χ3v) is 10.2. The van der Waals surface area contributed by atoms with Crippen LogP contribution in [0.3, 0.4) is 0 Å². The van der Waals surface area contributed by atoms with Crippen molar-refractivity contribution in [1.82, 2.24) is 20.0 Å². The molecule has 0 bridgehead atoms. The number of amides is 3. The van der Waals surface area contributed by atoms with Gasteiger partial charge in [0.25, 0.3) is 0 Å². The molecule has 9 heteroatoms. The quantitative estimate of drug-likeness (QED) is 0.310. The highest BCUT2D eigenvalue weighted by Gasteiger charge is 2.33. The summed E-state index contributed by atoms with van der Waals surface area (Å²) in [6.07, 6.45) is 8.62. The van der Waals surface area contributed by atoms with Crippen LogP contribution in [0.2, 0.25) is 10.0 Å². The lowest BCUT2D eigenvalue weighted by Gasteiger charge is -2.36. The van der Waals surface area contributed by atoms with E-state index in [1.165, 1.54) is 49.2 Å². The Morgan fingerprint density at radius 2 is 1.58 bits per heavy atom. The molecule has 1 N–H and O–H groups in total. The van der Waals surface area contributed by atoms with Crippen molar-refractivity contribution in [1.29, 1.82) is 0 Å². The summed E-state index contributed by atoms with van der Waals surface area (Å²) in [6, 6.07) is 9.54. The molecule has 2 atom stereocenters. The zero-order valence-corrected chi connectivity index (χ0v) is 26.8. The van der Waals surface area contributed by atoms with E-state index in [4.69, 9.17) is 23.2 Å². The average molecular weight is 632 g/mol. The van der Waals surface area contributed by atoms with E-state index >= 15 is 0 Å². The van der Waals surface area contributed by atoms with Gasteiger partial charge in [-0.25, -0.2) is 9.18 Å². The summed E-state index contributed by atoms with van der Waals surface area (Å²) < 4.78 is 13.7. The summed E-state index contributed by atoms with van der Waals surface area (Å²) in [7, 11) is 0. The molecule has 43 heavy (non-hydrogen) atoms. The minimum atomic E-state index is -0.769. The van der Waals surface area contributed by atoms with Crippen LogP contribution in [0.1, 0.15) is 74.5 Å². The third kappa shape index (κ3) is 8.43. The van der Waals surface area contributed by atoms with E-state index < -0.39 is 11.9 Å². The van der Waals surface area contributed by atoms with Crippen molar-refractivity contribution in [2.75, 3.05) is 45.8 Å². The second-order valence-corrected chi connectivity index (χ2v) is 13.4. The summed E-state index contributed by atoms with van der Waals surface area (Å²) in [5, 5.41) is 4.02. The summed E-state index contributed by atoms with van der Waals surface area (Å²) >= 11 is 12.8. The number of benzene rings is 2. The number of carbonyl (C=O) groups is 2. The Morgan fingerprint density at radius 3 is 2.26 bits per heavy atom. The molecule has 3 saturated heterocycles. The fourth-order valence-electron chi connectivity index (χ4n) is 7.03. The molecule has 3 aliphatic heterocycles. The number of likely N-dealkylation sites (tertiary alicyclic amines) is 3. The maximum Gasteiger partial charge on any atom is 0.318 e. The highest BCUT2D eigenvalue weighted by atomic mass is 35.5. The van der Waals surface area contributed by atoms with E-state index in [9.17, 15) is 14.0 Å². The zero-order chi connectivity index (χ0) is 30.3. The van der Waals surface area contributed by atoms with Gasteiger partial charge >= 0.3 is 6.03 Å². The Kier molecular flexibility index (Phi) is 11.2. The second kappa shape index (κ2) is 15.1. The SMILES string of the molecule is CC[C@@H](Cc1cc(Cl)ccc1C1CCN(C(=O)[C@@H](Cc2ccc(F)cc2Cl)NC(=O)N2CCCC2)CC1)CN1CCCC1. The molecule has 5 rings (SSSR count). The highest BCUT2D eigenvalue weighted by molar-refractivity contribution is 6.31. The minimum absolute atomic E-state index is 0.112. The van der Waals surface area contributed by atoms with Gasteiger partial charge in [-0.05, 0) is 111 Å². The monoisotopic (exact) mass is 630 g/mol. The summed E-state index contributed by atoms with van der Waals surface area (Å²) in [4.78, 5) is 33.2. The maximum absolute atomic E-state index is 13.9. The van der Waals surface area contributed by atoms with Crippen LogP contribution in [0.15, 0.2) is 36.4 Å². The fraction of sp³-hybridized carbons (Fsp3) is 0.588. The lowest BCUT2D eigenvalue weighted by molar-refractivity contribution is -0.134. The first-order chi connectivity index (χ1) is 20.8. The summed E-state index contributed by atoms with van der Waals surface area (Å²) in [6.45, 7) is 8.45. The number of piperidine rings is 1. The van der Waals surface area contributed by atoms with Crippen LogP contribution in [0.4, 0.5) is 9.18 Å². The zero-order valence-electron chi connectivity index (χ0n) is 25.3. The number of rotatable bonds is 10. The van der Waals surface area contributed by atoms with Crippen molar-refractivity contribution in [2.24, 2.45) is 5.92 Å². The van der Waals surface area contributed by atoms with E-state index in [1.54, 1.807) is 11.0 Å². The Hall–Kier alpha value is -2.35. The molecular formula is C34H45Cl2FN4O2. The first kappa shape index (κ1) is 32.1. The Labute approximate surface area is 265 Å². The number of carbonyl (C=O) groups excluding carboxylic acids is 2. The molecule has 0 unspecified atom stereocenters. The Balaban J connectivity index is 1.26. The lowest BCUT2D eigenvalue weighted by atomic mass is 9.83. The van der Waals surface area contributed by atoms with Gasteiger partial charge in [0.1, 0.15) is 11.9 Å². The molecule has 234 valence electrons. The van der Waals surface area contributed by atoms with E-state index in [1.807, 2.05) is 11.0 Å². The topological polar surface area (TPSA) is 55.9 Å². The number of urea groups is 1. The van der Waals surface area contributed by atoms with Crippen LogP contribution in [-0.4, -0.2) is 78.5 Å². The molecule has 6 nitrogen and oxygen atoms in total. The van der Waals surface area contributed by atoms with Gasteiger partial charge in [0.2, 0.25) is 5.91 Å². The van der Waals surface area contributed by atoms with Crippen LogP contribution < -0.4 is 5.32 Å². The molecule has 0 aliphatic carbocycles. The average Bonchev–Trinajstić information content (AvgIpc) is 3.73. The highest BCUT2D eigenvalue weighted by Crippen LogP contribution is 2.34. The van der Waals surface area contributed by atoms with E-state index in [2.05, 4.69) is 29.3 Å². The number of nitrogens with one attached hydrogen (secondary N) is 1. The van der Waals surface area contributed by atoms with E-state index in [0.717, 1.165) is 50.1 Å². The number of nitrogens with zero attached hydrogens (tertiary/aromatic N) is 3. The lowest BCUT2D eigenvalue weighted by Crippen LogP contribution is -2.54. The normalized spacial score (nSPS) is 19.5. The third-order valence-electron chi connectivity index (χ3n) is 9.58. The van der Waals surface area contributed by atoms with E-state index in [0.29, 0.717) is 43.6 Å². The molecule has 0 radical (unpaired) electrons. The van der Waals surface area contributed by atoms with Gasteiger partial charge in [-0.2, -0.15) is 0 Å². The van der Waals surface area contributed by atoms with Crippen LogP contribution in [0.25, 0.3) is 0 Å². The first-order valence-corrected chi connectivity index (χ1v) is 16.8. The maximum atomic E-state index is 13.9. The number of hydrogen-bond donors (Lipinski definition) is 1. The standard InChI is InChI=1S/C34H45Cl2FN4O2/c1-2-24(23-39-13-3-4-14-39)19-27-20-28(35)8-10-30(27)25-11-17-40(18-12-25)33(42)32(38-34(43)41-15-5-6-16-41)21-26-7-9-29(37)22-31(26)36/h7-10,20,22,24-25,32H,2-6,11-19,21,23H2,1H3,(H,38,43)/t24-,32+/m0/s1. The molecule has 2 aromatic carbocycles. The molecule has 3 aliphatic rings. The molecule has 3 amide bonds. The van der Waals surface area contributed by atoms with Crippen molar-refractivity contribution in [3.05, 3.63) is 69.0 Å². The predicted octanol–water partition coefficient (Wildman–Crippen LogP) is 6.92. The van der Waals surface area contributed by atoms with Crippen molar-refractivity contribution < 1.29 is 14.0 Å². The minimum Gasteiger partial charge on any atom is -0.341 e. The van der Waals surface area contributed by atoms with Gasteiger partial charge < -0.3 is 20.0 Å². The van der Waals surface area contributed by atoms with Crippen LogP contribution in [0.5, 0.6) is 0 Å². The molecule has 3 fully saturated rings. The summed E-state index contributed by atoms with van der Waals surface area (Å²) in [5.74, 6) is 0.405. The predicted molar refractivity (Wildman–Crippen MR) is 171 cm³/mol. The van der Waals surface area contributed by atoms with Crippen molar-refractivity contribution >= 4 is 35.1 Å². The van der Waals surface area contributed by atoms with Gasteiger partial charge in [0, 0.05) is 49.2 Å². The van der Waals surface area contributed by atoms with Crippen LogP contribution in [-0.2, 0) is 17.6 Å². The first-order valence-electron chi connectivity index (χ1n) is 16.1. The molecule has 2 aromatic rings. The smallest absolute Gasteiger partial charge is 0.318 e. The summed E-state index contributed by atoms with van der Waals surface area (Å²) in [5.41, 5.74) is 3.33. The molecule has 3 heterocycles. The van der Waals surface area contributed by atoms with Crippen LogP contribution in [0, 0.1) is 11.7 Å². The molecule has 0 spiro atoms. The number of hydrogen-bond acceptors (Lipinski definition) is 3. The Morgan fingerprint density at radius 1 is 0.884 bits per heavy atom. The van der Waals surface area contributed by atoms with Crippen molar-refractivity contribution in [2.45, 2.75) is 76.7 Å². The van der Waals surface area contributed by atoms with Gasteiger partial charge in [-0.15, -0.1) is 0 Å². The largest absolute Gasteiger partial charge is 0.341 e. The molecule has 0 saturated carbocycles. The van der Waals surface area contributed by atoms with Crippen molar-refractivity contribution in [3.63, 3.8) is 0 Å². The van der Waals surface area contributed by atoms with Crippen molar-refractivity contribution in [3.8, 4) is 0 Å². The van der Waals surface area contributed by atoms with E-state index in [-0.39, 0.29) is 23.4 Å². The number of halogens is 3. The Bertz CT molecular complexity index is 1260. The second-order valence-electron chi connectivity index (χ2n) is 12.6. The molecule has 0 aromatic heterocycles. The van der Waals surface area contributed by atoms with Gasteiger partial charge in [-0.3, -0.25) is 4.79 Å². The van der Waals surface area contributed by atoms with Gasteiger partial charge in [0.05, 0.1) is 0 Å². The fourth-order valence-corrected chi connectivity index (χ4v) is 7.47. The van der Waals surface area contributed by atoms with Gasteiger partial charge in [0.15, 0.2) is 0 Å². The molecular weight excluding hydrogens is 586 g/mol.